The van der Waals surface area contributed by atoms with Gasteiger partial charge in [-0.3, -0.25) is 4.90 Å². The van der Waals surface area contributed by atoms with Crippen molar-refractivity contribution in [3.05, 3.63) is 42.4 Å². The van der Waals surface area contributed by atoms with Crippen LogP contribution in [0.2, 0.25) is 0 Å². The summed E-state index contributed by atoms with van der Waals surface area (Å²) in [5.74, 6) is 1.62. The quantitative estimate of drug-likeness (QED) is 0.938. The number of aromatic nitrogens is 1. The molecule has 1 aliphatic rings. The van der Waals surface area contributed by atoms with Crippen LogP contribution in [-0.2, 0) is 0 Å². The first-order chi connectivity index (χ1) is 10.1. The highest BCUT2D eigenvalue weighted by Crippen LogP contribution is 2.34. The highest BCUT2D eigenvalue weighted by atomic mass is 16.4. The molecule has 0 radical (unpaired) electrons. The Morgan fingerprint density at radius 3 is 2.81 bits per heavy atom. The van der Waals surface area contributed by atoms with Crippen molar-refractivity contribution in [2.24, 2.45) is 11.1 Å². The molecule has 1 aliphatic heterocycles. The normalized spacial score (nSPS) is 24.3. The summed E-state index contributed by atoms with van der Waals surface area (Å²) in [5, 5.41) is 0. The second-order valence-corrected chi connectivity index (χ2v) is 6.34. The topological polar surface area (TPSA) is 55.3 Å². The molecule has 21 heavy (non-hydrogen) atoms. The van der Waals surface area contributed by atoms with E-state index in [-0.39, 0.29) is 11.5 Å². The lowest BCUT2D eigenvalue weighted by Crippen LogP contribution is -2.32. The smallest absolute Gasteiger partial charge is 0.211 e. The second-order valence-electron chi connectivity index (χ2n) is 6.34. The Morgan fingerprint density at radius 1 is 1.38 bits per heavy atom. The number of benzene rings is 1. The number of rotatable bonds is 4. The fourth-order valence-electron chi connectivity index (χ4n) is 2.93. The van der Waals surface area contributed by atoms with Crippen LogP contribution in [0.15, 0.2) is 40.9 Å². The molecule has 2 heterocycles. The van der Waals surface area contributed by atoms with Crippen LogP contribution >= 0.6 is 0 Å². The van der Waals surface area contributed by atoms with E-state index >= 15 is 0 Å². The van der Waals surface area contributed by atoms with E-state index in [9.17, 15) is 0 Å². The molecule has 0 amide bonds. The van der Waals surface area contributed by atoms with Gasteiger partial charge in [-0.1, -0.05) is 37.3 Å². The molecule has 2 unspecified atom stereocenters. The van der Waals surface area contributed by atoms with Crippen molar-refractivity contribution >= 4 is 0 Å². The first-order valence-corrected chi connectivity index (χ1v) is 7.57. The minimum atomic E-state index is 0.191. The minimum absolute atomic E-state index is 0.191. The summed E-state index contributed by atoms with van der Waals surface area (Å²) in [6, 6.07) is 10.3. The molecule has 0 spiro atoms. The molecule has 0 aliphatic carbocycles. The SMILES string of the molecule is CC(c1ncc(-c2ccccc2)o1)N1CCC(C)(CN)C1. The van der Waals surface area contributed by atoms with Gasteiger partial charge in [-0.2, -0.15) is 0 Å². The van der Waals surface area contributed by atoms with Crippen LogP contribution in [-0.4, -0.2) is 29.5 Å². The molecule has 0 saturated carbocycles. The molecule has 1 saturated heterocycles. The lowest BCUT2D eigenvalue weighted by atomic mass is 9.90. The van der Waals surface area contributed by atoms with Gasteiger partial charge in [-0.05, 0) is 31.8 Å². The third-order valence-corrected chi connectivity index (χ3v) is 4.57. The number of oxazole rings is 1. The molecule has 1 fully saturated rings. The predicted octanol–water partition coefficient (Wildman–Crippen LogP) is 3.07. The van der Waals surface area contributed by atoms with Gasteiger partial charge in [-0.15, -0.1) is 0 Å². The Morgan fingerprint density at radius 2 is 2.14 bits per heavy atom. The molecular weight excluding hydrogens is 262 g/mol. The summed E-state index contributed by atoms with van der Waals surface area (Å²) in [5.41, 5.74) is 7.18. The van der Waals surface area contributed by atoms with Crippen molar-refractivity contribution < 1.29 is 4.42 Å². The minimum Gasteiger partial charge on any atom is -0.439 e. The number of likely N-dealkylation sites (tertiary alicyclic amines) is 1. The summed E-state index contributed by atoms with van der Waals surface area (Å²) in [4.78, 5) is 6.88. The van der Waals surface area contributed by atoms with Crippen LogP contribution in [0.3, 0.4) is 0 Å². The molecule has 1 aromatic carbocycles. The third kappa shape index (κ3) is 2.87. The summed E-state index contributed by atoms with van der Waals surface area (Å²) in [7, 11) is 0. The van der Waals surface area contributed by atoms with Gasteiger partial charge in [0.2, 0.25) is 5.89 Å². The van der Waals surface area contributed by atoms with Gasteiger partial charge in [-0.25, -0.2) is 4.98 Å². The number of nitrogens with two attached hydrogens (primary N) is 1. The Balaban J connectivity index is 1.75. The van der Waals surface area contributed by atoms with E-state index in [1.54, 1.807) is 0 Å². The Kier molecular flexibility index (Phi) is 3.83. The summed E-state index contributed by atoms with van der Waals surface area (Å²) < 4.78 is 5.96. The van der Waals surface area contributed by atoms with Crippen LogP contribution < -0.4 is 5.73 Å². The van der Waals surface area contributed by atoms with Gasteiger partial charge in [0.1, 0.15) is 0 Å². The fraction of sp³-hybridized carbons (Fsp3) is 0.471. The number of hydrogen-bond acceptors (Lipinski definition) is 4. The Bertz CT molecular complexity index is 595. The van der Waals surface area contributed by atoms with Crippen LogP contribution in [0, 0.1) is 5.41 Å². The van der Waals surface area contributed by atoms with Crippen LogP contribution in [0.4, 0.5) is 0 Å². The molecule has 4 heteroatoms. The van der Waals surface area contributed by atoms with E-state index in [0.29, 0.717) is 0 Å². The van der Waals surface area contributed by atoms with E-state index < -0.39 is 0 Å². The van der Waals surface area contributed by atoms with E-state index in [1.165, 1.54) is 0 Å². The van der Waals surface area contributed by atoms with Gasteiger partial charge >= 0.3 is 0 Å². The maximum atomic E-state index is 5.96. The van der Waals surface area contributed by atoms with Crippen LogP contribution in [0.1, 0.15) is 32.2 Å². The standard InChI is InChI=1S/C17H23N3O/c1-13(20-9-8-17(2,11-18)12-20)16-19-10-15(21-16)14-6-4-3-5-7-14/h3-7,10,13H,8-9,11-12,18H2,1-2H3. The monoisotopic (exact) mass is 285 g/mol. The van der Waals surface area contributed by atoms with Crippen molar-refractivity contribution in [1.82, 2.24) is 9.88 Å². The molecule has 0 bridgehead atoms. The predicted molar refractivity (Wildman–Crippen MR) is 83.7 cm³/mol. The maximum absolute atomic E-state index is 5.96. The molecule has 2 atom stereocenters. The van der Waals surface area contributed by atoms with E-state index in [1.807, 2.05) is 36.5 Å². The fourth-order valence-corrected chi connectivity index (χ4v) is 2.93. The van der Waals surface area contributed by atoms with E-state index in [0.717, 1.165) is 43.3 Å². The molecular formula is C17H23N3O. The summed E-state index contributed by atoms with van der Waals surface area (Å²) >= 11 is 0. The first kappa shape index (κ1) is 14.3. The summed E-state index contributed by atoms with van der Waals surface area (Å²) in [6.45, 7) is 7.20. The number of hydrogen-bond donors (Lipinski definition) is 1. The van der Waals surface area contributed by atoms with Crippen molar-refractivity contribution in [3.8, 4) is 11.3 Å². The third-order valence-electron chi connectivity index (χ3n) is 4.57. The summed E-state index contributed by atoms with van der Waals surface area (Å²) in [6.07, 6.45) is 2.96. The van der Waals surface area contributed by atoms with Crippen molar-refractivity contribution in [1.29, 1.82) is 0 Å². The highest BCUT2D eigenvalue weighted by molar-refractivity contribution is 5.55. The molecule has 3 rings (SSSR count). The maximum Gasteiger partial charge on any atom is 0.211 e. The molecule has 2 aromatic rings. The molecule has 1 aromatic heterocycles. The lowest BCUT2D eigenvalue weighted by molar-refractivity contribution is 0.200. The van der Waals surface area contributed by atoms with Crippen molar-refractivity contribution in [2.45, 2.75) is 26.3 Å². The van der Waals surface area contributed by atoms with E-state index in [2.05, 4.69) is 23.7 Å². The molecule has 112 valence electrons. The average molecular weight is 285 g/mol. The van der Waals surface area contributed by atoms with Gasteiger partial charge in [0.25, 0.3) is 0 Å². The van der Waals surface area contributed by atoms with E-state index in [4.69, 9.17) is 10.2 Å². The van der Waals surface area contributed by atoms with Gasteiger partial charge in [0.05, 0.1) is 12.2 Å². The zero-order valence-corrected chi connectivity index (χ0v) is 12.7. The van der Waals surface area contributed by atoms with Crippen molar-refractivity contribution in [2.75, 3.05) is 19.6 Å². The molecule has 4 nitrogen and oxygen atoms in total. The first-order valence-electron chi connectivity index (χ1n) is 7.57. The zero-order valence-electron chi connectivity index (χ0n) is 12.7. The lowest BCUT2D eigenvalue weighted by Gasteiger charge is -2.25. The Labute approximate surface area is 126 Å². The zero-order chi connectivity index (χ0) is 14.9. The average Bonchev–Trinajstić information content (AvgIpc) is 3.15. The number of nitrogens with zero attached hydrogens (tertiary/aromatic N) is 2. The second kappa shape index (κ2) is 5.62. The Hall–Kier alpha value is -1.65. The van der Waals surface area contributed by atoms with Gasteiger partial charge < -0.3 is 10.2 Å². The van der Waals surface area contributed by atoms with Crippen LogP contribution in [0.25, 0.3) is 11.3 Å². The molecule has 2 N–H and O–H groups in total. The highest BCUT2D eigenvalue weighted by Gasteiger charge is 2.36. The van der Waals surface area contributed by atoms with Gasteiger partial charge in [0, 0.05) is 12.1 Å². The largest absolute Gasteiger partial charge is 0.439 e. The van der Waals surface area contributed by atoms with Crippen LogP contribution in [0.5, 0.6) is 0 Å². The van der Waals surface area contributed by atoms with Crippen molar-refractivity contribution in [3.63, 3.8) is 0 Å². The van der Waals surface area contributed by atoms with Gasteiger partial charge in [0.15, 0.2) is 5.76 Å².